The van der Waals surface area contributed by atoms with Crippen LogP contribution in [0, 0.1) is 0 Å². The topological polar surface area (TPSA) is 67.8 Å². The Morgan fingerprint density at radius 1 is 1.20 bits per heavy atom. The summed E-state index contributed by atoms with van der Waals surface area (Å²) in [6.07, 6.45) is 1.35. The molecule has 1 rings (SSSR count). The molecule has 0 aliphatic carbocycles. The van der Waals surface area contributed by atoms with Gasteiger partial charge in [-0.1, -0.05) is 6.92 Å². The van der Waals surface area contributed by atoms with E-state index in [1.165, 1.54) is 0 Å². The fraction of sp³-hybridized carbons (Fsp3) is 0.533. The second kappa shape index (κ2) is 9.20. The Labute approximate surface area is 119 Å². The number of hydrogen-bond donors (Lipinski definition) is 2. The van der Waals surface area contributed by atoms with Gasteiger partial charge in [-0.2, -0.15) is 0 Å². The maximum atomic E-state index is 11.7. The van der Waals surface area contributed by atoms with E-state index < -0.39 is 0 Å². The number of rotatable bonds is 9. The van der Waals surface area contributed by atoms with Crippen LogP contribution in [0.5, 0.6) is 11.5 Å². The van der Waals surface area contributed by atoms with Gasteiger partial charge in [0.25, 0.3) is 5.91 Å². The van der Waals surface area contributed by atoms with E-state index in [-0.39, 0.29) is 25.2 Å². The van der Waals surface area contributed by atoms with Crippen molar-refractivity contribution in [1.82, 2.24) is 5.32 Å². The van der Waals surface area contributed by atoms with E-state index in [2.05, 4.69) is 5.32 Å². The number of benzene rings is 1. The lowest BCUT2D eigenvalue weighted by Gasteiger charge is -2.16. The maximum absolute atomic E-state index is 11.7. The van der Waals surface area contributed by atoms with Crippen LogP contribution in [-0.2, 0) is 4.79 Å². The van der Waals surface area contributed by atoms with Crippen molar-refractivity contribution in [2.75, 3.05) is 19.8 Å². The molecule has 1 aromatic carbocycles. The van der Waals surface area contributed by atoms with Crippen LogP contribution >= 0.6 is 0 Å². The molecule has 1 amide bonds. The van der Waals surface area contributed by atoms with Crippen LogP contribution in [0.3, 0.4) is 0 Å². The highest BCUT2D eigenvalue weighted by molar-refractivity contribution is 5.77. The molecule has 5 nitrogen and oxygen atoms in total. The first kappa shape index (κ1) is 16.3. The summed E-state index contributed by atoms with van der Waals surface area (Å²) in [6.45, 7) is 4.54. The fourth-order valence-corrected chi connectivity index (χ4v) is 1.75. The number of aliphatic hydroxyl groups excluding tert-OH is 1. The van der Waals surface area contributed by atoms with Gasteiger partial charge in [-0.15, -0.1) is 0 Å². The first-order valence-corrected chi connectivity index (χ1v) is 6.95. The minimum atomic E-state index is -0.181. The third-order valence-electron chi connectivity index (χ3n) is 2.84. The average molecular weight is 281 g/mol. The summed E-state index contributed by atoms with van der Waals surface area (Å²) in [4.78, 5) is 11.7. The van der Waals surface area contributed by atoms with Gasteiger partial charge >= 0.3 is 0 Å². The van der Waals surface area contributed by atoms with Gasteiger partial charge in [0.2, 0.25) is 0 Å². The van der Waals surface area contributed by atoms with Gasteiger partial charge < -0.3 is 19.9 Å². The van der Waals surface area contributed by atoms with Crippen LogP contribution in [0.2, 0.25) is 0 Å². The minimum absolute atomic E-state index is 0.00331. The number of carbonyl (C=O) groups excluding carboxylic acids is 1. The molecular formula is C15H23NO4. The molecule has 0 aromatic heterocycles. The minimum Gasteiger partial charge on any atom is -0.494 e. The zero-order valence-corrected chi connectivity index (χ0v) is 12.1. The Kier molecular flexibility index (Phi) is 7.50. The second-order valence-electron chi connectivity index (χ2n) is 4.38. The number of aliphatic hydroxyl groups is 1. The number of amides is 1. The van der Waals surface area contributed by atoms with Crippen LogP contribution in [0.25, 0.3) is 0 Å². The van der Waals surface area contributed by atoms with E-state index >= 15 is 0 Å². The van der Waals surface area contributed by atoms with Crippen molar-refractivity contribution in [1.29, 1.82) is 0 Å². The molecule has 2 N–H and O–H groups in total. The van der Waals surface area contributed by atoms with Crippen LogP contribution in [0.15, 0.2) is 24.3 Å². The summed E-state index contributed by atoms with van der Waals surface area (Å²) >= 11 is 0. The van der Waals surface area contributed by atoms with Gasteiger partial charge in [0.05, 0.1) is 6.61 Å². The van der Waals surface area contributed by atoms with Crippen molar-refractivity contribution >= 4 is 5.91 Å². The first-order chi connectivity index (χ1) is 9.69. The molecule has 0 saturated heterocycles. The zero-order valence-electron chi connectivity index (χ0n) is 12.1. The lowest BCUT2D eigenvalue weighted by molar-refractivity contribution is -0.123. The van der Waals surface area contributed by atoms with E-state index in [4.69, 9.17) is 14.6 Å². The molecule has 0 aliphatic rings. The molecule has 0 saturated carbocycles. The Balaban J connectivity index is 2.36. The third kappa shape index (κ3) is 5.93. The third-order valence-corrected chi connectivity index (χ3v) is 2.84. The highest BCUT2D eigenvalue weighted by Gasteiger charge is 2.10. The smallest absolute Gasteiger partial charge is 0.258 e. The van der Waals surface area contributed by atoms with Gasteiger partial charge in [0, 0.05) is 12.6 Å². The standard InChI is InChI=1S/C15H23NO4/c1-3-12(9-10-17)16-15(18)11-20-14-7-5-13(6-8-14)19-4-2/h5-8,12,17H,3-4,9-11H2,1-2H3,(H,16,18). The molecule has 5 heteroatoms. The van der Waals surface area contributed by atoms with E-state index in [1.54, 1.807) is 24.3 Å². The molecule has 0 aliphatic heterocycles. The van der Waals surface area contributed by atoms with Crippen LogP contribution < -0.4 is 14.8 Å². The lowest BCUT2D eigenvalue weighted by atomic mass is 10.1. The number of ether oxygens (including phenoxy) is 2. The van der Waals surface area contributed by atoms with Crippen molar-refractivity contribution in [3.8, 4) is 11.5 Å². The lowest BCUT2D eigenvalue weighted by Crippen LogP contribution is -2.38. The van der Waals surface area contributed by atoms with E-state index in [0.717, 1.165) is 12.2 Å². The van der Waals surface area contributed by atoms with Crippen LogP contribution in [-0.4, -0.2) is 36.9 Å². The number of carbonyl (C=O) groups is 1. The molecule has 112 valence electrons. The molecule has 0 heterocycles. The van der Waals surface area contributed by atoms with Crippen molar-refractivity contribution in [3.05, 3.63) is 24.3 Å². The van der Waals surface area contributed by atoms with Gasteiger partial charge in [0.1, 0.15) is 11.5 Å². The molecule has 0 bridgehead atoms. The normalized spacial score (nSPS) is 11.8. The molecule has 1 unspecified atom stereocenters. The molecule has 1 atom stereocenters. The van der Waals surface area contributed by atoms with Gasteiger partial charge in [-0.3, -0.25) is 4.79 Å². The van der Waals surface area contributed by atoms with Crippen molar-refractivity contribution in [3.63, 3.8) is 0 Å². The molecular weight excluding hydrogens is 258 g/mol. The monoisotopic (exact) mass is 281 g/mol. The number of nitrogens with one attached hydrogen (secondary N) is 1. The van der Waals surface area contributed by atoms with Crippen molar-refractivity contribution in [2.45, 2.75) is 32.7 Å². The largest absolute Gasteiger partial charge is 0.494 e. The molecule has 0 fully saturated rings. The molecule has 0 spiro atoms. The quantitative estimate of drug-likeness (QED) is 0.723. The van der Waals surface area contributed by atoms with Crippen LogP contribution in [0.1, 0.15) is 26.7 Å². The summed E-state index contributed by atoms with van der Waals surface area (Å²) in [5.74, 6) is 1.22. The Bertz CT molecular complexity index is 391. The van der Waals surface area contributed by atoms with Crippen molar-refractivity contribution in [2.24, 2.45) is 0 Å². The summed E-state index contributed by atoms with van der Waals surface area (Å²) in [6, 6.07) is 7.14. The Morgan fingerprint density at radius 3 is 2.30 bits per heavy atom. The van der Waals surface area contributed by atoms with Crippen LogP contribution in [0.4, 0.5) is 0 Å². The summed E-state index contributed by atoms with van der Waals surface area (Å²) in [5, 5.41) is 11.7. The highest BCUT2D eigenvalue weighted by Crippen LogP contribution is 2.17. The fourth-order valence-electron chi connectivity index (χ4n) is 1.75. The Hall–Kier alpha value is -1.75. The Morgan fingerprint density at radius 2 is 1.80 bits per heavy atom. The highest BCUT2D eigenvalue weighted by atomic mass is 16.5. The molecule has 20 heavy (non-hydrogen) atoms. The predicted octanol–water partition coefficient (Wildman–Crippen LogP) is 1.74. The van der Waals surface area contributed by atoms with Gasteiger partial charge in [0.15, 0.2) is 6.61 Å². The summed E-state index contributed by atoms with van der Waals surface area (Å²) in [7, 11) is 0. The van der Waals surface area contributed by atoms with E-state index in [1.807, 2.05) is 13.8 Å². The zero-order chi connectivity index (χ0) is 14.8. The maximum Gasteiger partial charge on any atom is 0.258 e. The molecule has 0 radical (unpaired) electrons. The molecule has 1 aromatic rings. The summed E-state index contributed by atoms with van der Waals surface area (Å²) < 4.78 is 10.7. The summed E-state index contributed by atoms with van der Waals surface area (Å²) in [5.41, 5.74) is 0. The van der Waals surface area contributed by atoms with Gasteiger partial charge in [-0.25, -0.2) is 0 Å². The van der Waals surface area contributed by atoms with E-state index in [0.29, 0.717) is 18.8 Å². The number of hydrogen-bond acceptors (Lipinski definition) is 4. The van der Waals surface area contributed by atoms with Crippen molar-refractivity contribution < 1.29 is 19.4 Å². The average Bonchev–Trinajstić information content (AvgIpc) is 2.46. The first-order valence-electron chi connectivity index (χ1n) is 6.95. The second-order valence-corrected chi connectivity index (χ2v) is 4.38. The predicted molar refractivity (Wildman–Crippen MR) is 77.0 cm³/mol. The van der Waals surface area contributed by atoms with E-state index in [9.17, 15) is 4.79 Å². The SMILES string of the molecule is CCOc1ccc(OCC(=O)NC(CC)CCO)cc1. The van der Waals surface area contributed by atoms with Gasteiger partial charge in [-0.05, 0) is 44.0 Å².